The van der Waals surface area contributed by atoms with Crippen LogP contribution < -0.4 is 5.32 Å². The molecule has 1 aliphatic heterocycles. The van der Waals surface area contributed by atoms with Crippen LogP contribution in [0.5, 0.6) is 0 Å². The van der Waals surface area contributed by atoms with Gasteiger partial charge in [-0.05, 0) is 59.2 Å². The van der Waals surface area contributed by atoms with Crippen LogP contribution in [-0.4, -0.2) is 47.8 Å². The van der Waals surface area contributed by atoms with Gasteiger partial charge < -0.3 is 15.3 Å². The van der Waals surface area contributed by atoms with Crippen molar-refractivity contribution in [3.63, 3.8) is 0 Å². The maximum absolute atomic E-state index is 9.85. The number of likely N-dealkylation sites (tertiary alicyclic amines) is 1. The molecule has 3 nitrogen and oxygen atoms in total. The molecule has 0 aromatic heterocycles. The van der Waals surface area contributed by atoms with Gasteiger partial charge in [-0.1, -0.05) is 13.3 Å². The van der Waals surface area contributed by atoms with Gasteiger partial charge in [-0.3, -0.25) is 0 Å². The summed E-state index contributed by atoms with van der Waals surface area (Å²) in [6.45, 7) is 12.8. The SMILES string of the molecule is CC(CNC(C)C(C)(C)O)CN1CCCCC1. The molecular formula is C14H30N2O. The summed E-state index contributed by atoms with van der Waals surface area (Å²) in [7, 11) is 0. The summed E-state index contributed by atoms with van der Waals surface area (Å²) in [5.74, 6) is 0.651. The maximum atomic E-state index is 9.85. The molecule has 102 valence electrons. The summed E-state index contributed by atoms with van der Waals surface area (Å²) >= 11 is 0. The highest BCUT2D eigenvalue weighted by atomic mass is 16.3. The van der Waals surface area contributed by atoms with Gasteiger partial charge in [0, 0.05) is 12.6 Å². The fraction of sp³-hybridized carbons (Fsp3) is 1.00. The first-order valence-electron chi connectivity index (χ1n) is 7.07. The van der Waals surface area contributed by atoms with Crippen LogP contribution in [0.15, 0.2) is 0 Å². The summed E-state index contributed by atoms with van der Waals surface area (Å²) in [5, 5.41) is 13.3. The Kier molecular flexibility index (Phi) is 5.90. The minimum absolute atomic E-state index is 0.145. The smallest absolute Gasteiger partial charge is 0.0741 e. The quantitative estimate of drug-likeness (QED) is 0.746. The van der Waals surface area contributed by atoms with Crippen LogP contribution in [0.4, 0.5) is 0 Å². The summed E-state index contributed by atoms with van der Waals surface area (Å²) in [6.07, 6.45) is 4.12. The van der Waals surface area contributed by atoms with Gasteiger partial charge in [0.2, 0.25) is 0 Å². The molecular weight excluding hydrogens is 212 g/mol. The van der Waals surface area contributed by atoms with E-state index in [0.29, 0.717) is 5.92 Å². The molecule has 2 N–H and O–H groups in total. The zero-order valence-electron chi connectivity index (χ0n) is 12.0. The fourth-order valence-corrected chi connectivity index (χ4v) is 2.28. The molecule has 3 heteroatoms. The topological polar surface area (TPSA) is 35.5 Å². The number of rotatable bonds is 6. The van der Waals surface area contributed by atoms with E-state index in [1.165, 1.54) is 38.9 Å². The molecule has 1 fully saturated rings. The Labute approximate surface area is 107 Å². The highest BCUT2D eigenvalue weighted by Crippen LogP contribution is 2.12. The van der Waals surface area contributed by atoms with Crippen LogP contribution in [0, 0.1) is 5.92 Å². The molecule has 0 spiro atoms. The van der Waals surface area contributed by atoms with E-state index in [-0.39, 0.29) is 6.04 Å². The van der Waals surface area contributed by atoms with Gasteiger partial charge in [0.25, 0.3) is 0 Å². The second-order valence-electron chi connectivity index (χ2n) is 6.25. The molecule has 1 heterocycles. The van der Waals surface area contributed by atoms with Crippen LogP contribution >= 0.6 is 0 Å². The van der Waals surface area contributed by atoms with Gasteiger partial charge in [0.15, 0.2) is 0 Å². The zero-order chi connectivity index (χ0) is 12.9. The zero-order valence-corrected chi connectivity index (χ0v) is 12.0. The van der Waals surface area contributed by atoms with Crippen molar-refractivity contribution in [1.82, 2.24) is 10.2 Å². The average Bonchev–Trinajstić information content (AvgIpc) is 2.26. The number of nitrogens with one attached hydrogen (secondary N) is 1. The molecule has 0 amide bonds. The van der Waals surface area contributed by atoms with Crippen LogP contribution in [0.2, 0.25) is 0 Å². The summed E-state index contributed by atoms with van der Waals surface area (Å²) in [6, 6.07) is 0.145. The Morgan fingerprint density at radius 3 is 2.29 bits per heavy atom. The second kappa shape index (κ2) is 6.72. The van der Waals surface area contributed by atoms with E-state index < -0.39 is 5.60 Å². The van der Waals surface area contributed by atoms with E-state index in [1.54, 1.807) is 0 Å². The number of piperidine rings is 1. The lowest BCUT2D eigenvalue weighted by atomic mass is 10.00. The van der Waals surface area contributed by atoms with Crippen molar-refractivity contribution < 1.29 is 5.11 Å². The molecule has 1 aliphatic rings. The molecule has 17 heavy (non-hydrogen) atoms. The number of aliphatic hydroxyl groups is 1. The largest absolute Gasteiger partial charge is 0.389 e. The lowest BCUT2D eigenvalue weighted by molar-refractivity contribution is 0.0423. The summed E-state index contributed by atoms with van der Waals surface area (Å²) < 4.78 is 0. The Morgan fingerprint density at radius 2 is 1.76 bits per heavy atom. The third-order valence-electron chi connectivity index (χ3n) is 3.85. The lowest BCUT2D eigenvalue weighted by Crippen LogP contribution is -2.47. The number of nitrogens with zero attached hydrogens (tertiary/aromatic N) is 1. The molecule has 1 saturated heterocycles. The van der Waals surface area contributed by atoms with E-state index in [1.807, 2.05) is 20.8 Å². The van der Waals surface area contributed by atoms with Gasteiger partial charge in [-0.15, -0.1) is 0 Å². The van der Waals surface area contributed by atoms with Gasteiger partial charge in [-0.2, -0.15) is 0 Å². The highest BCUT2D eigenvalue weighted by molar-refractivity contribution is 4.80. The molecule has 0 aromatic rings. The minimum atomic E-state index is -0.634. The molecule has 0 saturated carbocycles. The first kappa shape index (κ1) is 14.9. The van der Waals surface area contributed by atoms with Crippen molar-refractivity contribution in [2.75, 3.05) is 26.2 Å². The van der Waals surface area contributed by atoms with E-state index in [9.17, 15) is 5.11 Å². The van der Waals surface area contributed by atoms with Crippen LogP contribution in [0.1, 0.15) is 47.0 Å². The fourth-order valence-electron chi connectivity index (χ4n) is 2.28. The van der Waals surface area contributed by atoms with Crippen molar-refractivity contribution in [2.24, 2.45) is 5.92 Å². The molecule has 0 bridgehead atoms. The molecule has 0 aliphatic carbocycles. The van der Waals surface area contributed by atoms with Gasteiger partial charge in [0.05, 0.1) is 5.60 Å². The monoisotopic (exact) mass is 242 g/mol. The maximum Gasteiger partial charge on any atom is 0.0741 e. The van der Waals surface area contributed by atoms with E-state index in [4.69, 9.17) is 0 Å². The standard InChI is InChI=1S/C14H30N2O/c1-12(10-15-13(2)14(3,4)17)11-16-8-6-5-7-9-16/h12-13,15,17H,5-11H2,1-4H3. The third kappa shape index (κ3) is 5.84. The average molecular weight is 242 g/mol. The van der Waals surface area contributed by atoms with Crippen molar-refractivity contribution in [1.29, 1.82) is 0 Å². The first-order valence-corrected chi connectivity index (χ1v) is 7.07. The van der Waals surface area contributed by atoms with Gasteiger partial charge >= 0.3 is 0 Å². The van der Waals surface area contributed by atoms with Crippen molar-refractivity contribution >= 4 is 0 Å². The molecule has 2 unspecified atom stereocenters. The van der Waals surface area contributed by atoms with Gasteiger partial charge in [-0.25, -0.2) is 0 Å². The summed E-state index contributed by atoms with van der Waals surface area (Å²) in [5.41, 5.74) is -0.634. The predicted molar refractivity (Wildman–Crippen MR) is 73.2 cm³/mol. The molecule has 2 atom stereocenters. The van der Waals surface area contributed by atoms with Crippen molar-refractivity contribution in [3.05, 3.63) is 0 Å². The number of hydrogen-bond acceptors (Lipinski definition) is 3. The van der Waals surface area contributed by atoms with Crippen molar-refractivity contribution in [2.45, 2.75) is 58.6 Å². The second-order valence-corrected chi connectivity index (χ2v) is 6.25. The van der Waals surface area contributed by atoms with Crippen LogP contribution in [0.3, 0.4) is 0 Å². The van der Waals surface area contributed by atoms with E-state index in [0.717, 1.165) is 6.54 Å². The lowest BCUT2D eigenvalue weighted by Gasteiger charge is -2.31. The third-order valence-corrected chi connectivity index (χ3v) is 3.85. The number of hydrogen-bond donors (Lipinski definition) is 2. The normalized spacial score (nSPS) is 22.4. The molecule has 0 aromatic carbocycles. The van der Waals surface area contributed by atoms with E-state index >= 15 is 0 Å². The summed E-state index contributed by atoms with van der Waals surface area (Å²) in [4.78, 5) is 2.57. The molecule has 1 rings (SSSR count). The Bertz CT molecular complexity index is 207. The Hall–Kier alpha value is -0.120. The van der Waals surface area contributed by atoms with Crippen molar-refractivity contribution in [3.8, 4) is 0 Å². The van der Waals surface area contributed by atoms with Gasteiger partial charge in [0.1, 0.15) is 0 Å². The van der Waals surface area contributed by atoms with Crippen LogP contribution in [0.25, 0.3) is 0 Å². The first-order chi connectivity index (χ1) is 7.89. The Balaban J connectivity index is 2.18. The Morgan fingerprint density at radius 1 is 1.18 bits per heavy atom. The predicted octanol–water partition coefficient (Wildman–Crippen LogP) is 1.86. The van der Waals surface area contributed by atoms with Crippen LogP contribution in [-0.2, 0) is 0 Å². The molecule has 0 radical (unpaired) electrons. The van der Waals surface area contributed by atoms with E-state index in [2.05, 4.69) is 17.1 Å². The highest BCUT2D eigenvalue weighted by Gasteiger charge is 2.22. The minimum Gasteiger partial charge on any atom is -0.389 e.